The van der Waals surface area contributed by atoms with Crippen LogP contribution in [0.2, 0.25) is 5.02 Å². The molecule has 3 nitrogen and oxygen atoms in total. The van der Waals surface area contributed by atoms with Gasteiger partial charge >= 0.3 is 0 Å². The molecule has 0 saturated carbocycles. The number of rotatable bonds is 8. The van der Waals surface area contributed by atoms with Crippen LogP contribution in [-0.2, 0) is 4.79 Å². The SMILES string of the molecule is CCC(CC)(CN)NC(=O)CCSc1ccc(Cl)cc1. The van der Waals surface area contributed by atoms with Crippen LogP contribution in [0.5, 0.6) is 0 Å². The van der Waals surface area contributed by atoms with Crippen molar-refractivity contribution in [3.05, 3.63) is 29.3 Å². The van der Waals surface area contributed by atoms with E-state index in [9.17, 15) is 4.79 Å². The molecular weight excluding hydrogens is 292 g/mol. The van der Waals surface area contributed by atoms with Crippen LogP contribution in [0.15, 0.2) is 29.2 Å². The van der Waals surface area contributed by atoms with E-state index in [1.807, 2.05) is 24.3 Å². The normalized spacial score (nSPS) is 11.4. The summed E-state index contributed by atoms with van der Waals surface area (Å²) >= 11 is 7.49. The Labute approximate surface area is 130 Å². The molecule has 3 N–H and O–H groups in total. The summed E-state index contributed by atoms with van der Waals surface area (Å²) in [5.74, 6) is 0.822. The Morgan fingerprint density at radius 1 is 1.30 bits per heavy atom. The minimum atomic E-state index is -0.248. The highest BCUT2D eigenvalue weighted by Gasteiger charge is 2.25. The number of carbonyl (C=O) groups is 1. The molecule has 0 unspecified atom stereocenters. The van der Waals surface area contributed by atoms with Gasteiger partial charge in [-0.1, -0.05) is 25.4 Å². The number of nitrogens with one attached hydrogen (secondary N) is 1. The second kappa shape index (κ2) is 8.55. The fourth-order valence-corrected chi connectivity index (χ4v) is 2.89. The van der Waals surface area contributed by atoms with E-state index in [-0.39, 0.29) is 11.4 Å². The fourth-order valence-electron chi connectivity index (χ4n) is 1.92. The van der Waals surface area contributed by atoms with Crippen LogP contribution >= 0.6 is 23.4 Å². The molecule has 0 aliphatic rings. The third kappa shape index (κ3) is 5.35. The molecule has 112 valence electrons. The van der Waals surface area contributed by atoms with Crippen LogP contribution in [-0.4, -0.2) is 23.7 Å². The van der Waals surface area contributed by atoms with Crippen molar-refractivity contribution < 1.29 is 4.79 Å². The van der Waals surface area contributed by atoms with Crippen LogP contribution in [0.25, 0.3) is 0 Å². The maximum absolute atomic E-state index is 12.0. The lowest BCUT2D eigenvalue weighted by Crippen LogP contribution is -2.52. The minimum absolute atomic E-state index is 0.0700. The first-order valence-corrected chi connectivity index (χ1v) is 8.31. The van der Waals surface area contributed by atoms with Crippen molar-refractivity contribution in [2.45, 2.75) is 43.5 Å². The first-order chi connectivity index (χ1) is 9.55. The van der Waals surface area contributed by atoms with E-state index in [0.29, 0.717) is 13.0 Å². The van der Waals surface area contributed by atoms with E-state index < -0.39 is 0 Å². The second-order valence-electron chi connectivity index (χ2n) is 4.79. The fraction of sp³-hybridized carbons (Fsp3) is 0.533. The average Bonchev–Trinajstić information content (AvgIpc) is 2.47. The van der Waals surface area contributed by atoms with Gasteiger partial charge in [0.15, 0.2) is 0 Å². The molecule has 0 bridgehead atoms. The monoisotopic (exact) mass is 314 g/mol. The minimum Gasteiger partial charge on any atom is -0.349 e. The molecule has 20 heavy (non-hydrogen) atoms. The lowest BCUT2D eigenvalue weighted by molar-refractivity contribution is -0.122. The van der Waals surface area contributed by atoms with Crippen molar-refractivity contribution in [1.29, 1.82) is 0 Å². The highest BCUT2D eigenvalue weighted by atomic mass is 35.5. The van der Waals surface area contributed by atoms with E-state index >= 15 is 0 Å². The summed E-state index contributed by atoms with van der Waals surface area (Å²) in [4.78, 5) is 13.1. The Kier molecular flexibility index (Phi) is 7.41. The molecule has 1 aromatic carbocycles. The lowest BCUT2D eigenvalue weighted by atomic mass is 9.93. The third-order valence-electron chi connectivity index (χ3n) is 3.56. The van der Waals surface area contributed by atoms with Crippen molar-refractivity contribution in [3.8, 4) is 0 Å². The Hall–Kier alpha value is -0.710. The summed E-state index contributed by atoms with van der Waals surface area (Å²) in [6, 6.07) is 7.65. The van der Waals surface area contributed by atoms with Gasteiger partial charge in [0.1, 0.15) is 0 Å². The summed E-state index contributed by atoms with van der Waals surface area (Å²) in [6.45, 7) is 4.59. The number of hydrogen-bond acceptors (Lipinski definition) is 3. The van der Waals surface area contributed by atoms with Gasteiger partial charge < -0.3 is 11.1 Å². The lowest BCUT2D eigenvalue weighted by Gasteiger charge is -2.31. The predicted molar refractivity (Wildman–Crippen MR) is 87.3 cm³/mol. The highest BCUT2D eigenvalue weighted by Crippen LogP contribution is 2.21. The van der Waals surface area contributed by atoms with E-state index in [0.717, 1.165) is 28.5 Å². The van der Waals surface area contributed by atoms with Crippen molar-refractivity contribution in [1.82, 2.24) is 5.32 Å². The first kappa shape index (κ1) is 17.3. The third-order valence-corrected chi connectivity index (χ3v) is 4.83. The Morgan fingerprint density at radius 3 is 2.40 bits per heavy atom. The number of thioether (sulfide) groups is 1. The number of halogens is 1. The molecule has 1 rings (SSSR count). The average molecular weight is 315 g/mol. The van der Waals surface area contributed by atoms with Crippen molar-refractivity contribution in [2.75, 3.05) is 12.3 Å². The molecule has 0 aliphatic carbocycles. The van der Waals surface area contributed by atoms with Gasteiger partial charge in [0.05, 0.1) is 5.54 Å². The van der Waals surface area contributed by atoms with E-state index in [4.69, 9.17) is 17.3 Å². The summed E-state index contributed by atoms with van der Waals surface area (Å²) in [5, 5.41) is 3.80. The van der Waals surface area contributed by atoms with Crippen LogP contribution in [0.1, 0.15) is 33.1 Å². The van der Waals surface area contributed by atoms with Crippen molar-refractivity contribution >= 4 is 29.3 Å². The van der Waals surface area contributed by atoms with E-state index in [1.54, 1.807) is 11.8 Å². The molecule has 0 heterocycles. The standard InChI is InChI=1S/C15H23ClN2OS/c1-3-15(4-2,11-17)18-14(19)9-10-20-13-7-5-12(16)6-8-13/h5-8H,3-4,9-11,17H2,1-2H3,(H,18,19). The van der Waals surface area contributed by atoms with Gasteiger partial charge in [0.2, 0.25) is 5.91 Å². The zero-order chi connectivity index (χ0) is 15.0. The van der Waals surface area contributed by atoms with Gasteiger partial charge in [-0.3, -0.25) is 4.79 Å². The molecule has 0 saturated heterocycles. The van der Waals surface area contributed by atoms with Gasteiger partial charge in [0, 0.05) is 28.6 Å². The number of amides is 1. The molecule has 1 aromatic rings. The van der Waals surface area contributed by atoms with E-state index in [1.165, 1.54) is 0 Å². The first-order valence-electron chi connectivity index (χ1n) is 6.94. The largest absolute Gasteiger partial charge is 0.349 e. The summed E-state index contributed by atoms with van der Waals surface area (Å²) in [5.41, 5.74) is 5.53. The predicted octanol–water partition coefficient (Wildman–Crippen LogP) is 3.46. The maximum atomic E-state index is 12.0. The molecule has 0 fully saturated rings. The number of carbonyl (C=O) groups excluding carboxylic acids is 1. The Balaban J connectivity index is 2.38. The van der Waals surface area contributed by atoms with Gasteiger partial charge in [-0.25, -0.2) is 0 Å². The summed E-state index contributed by atoms with van der Waals surface area (Å²) in [7, 11) is 0. The topological polar surface area (TPSA) is 55.1 Å². The van der Waals surface area contributed by atoms with Gasteiger partial charge in [-0.2, -0.15) is 0 Å². The Bertz CT molecular complexity index is 410. The zero-order valence-corrected chi connectivity index (χ0v) is 13.7. The maximum Gasteiger partial charge on any atom is 0.221 e. The summed E-state index contributed by atoms with van der Waals surface area (Å²) in [6.07, 6.45) is 2.21. The van der Waals surface area contributed by atoms with Gasteiger partial charge in [0.25, 0.3) is 0 Å². The molecule has 0 spiro atoms. The molecule has 0 aromatic heterocycles. The van der Waals surface area contributed by atoms with Crippen LogP contribution in [0, 0.1) is 0 Å². The number of benzene rings is 1. The molecule has 0 aliphatic heterocycles. The van der Waals surface area contributed by atoms with Gasteiger partial charge in [-0.15, -0.1) is 11.8 Å². The van der Waals surface area contributed by atoms with E-state index in [2.05, 4.69) is 19.2 Å². The van der Waals surface area contributed by atoms with Crippen LogP contribution in [0.4, 0.5) is 0 Å². The summed E-state index contributed by atoms with van der Waals surface area (Å²) < 4.78 is 0. The van der Waals surface area contributed by atoms with Crippen molar-refractivity contribution in [2.24, 2.45) is 5.73 Å². The molecule has 0 atom stereocenters. The Morgan fingerprint density at radius 2 is 1.90 bits per heavy atom. The van der Waals surface area contributed by atoms with Crippen LogP contribution in [0.3, 0.4) is 0 Å². The highest BCUT2D eigenvalue weighted by molar-refractivity contribution is 7.99. The van der Waals surface area contributed by atoms with Gasteiger partial charge in [-0.05, 0) is 37.1 Å². The molecular formula is C15H23ClN2OS. The molecule has 5 heteroatoms. The zero-order valence-electron chi connectivity index (χ0n) is 12.1. The number of nitrogens with two attached hydrogens (primary N) is 1. The smallest absolute Gasteiger partial charge is 0.221 e. The van der Waals surface area contributed by atoms with Crippen molar-refractivity contribution in [3.63, 3.8) is 0 Å². The quantitative estimate of drug-likeness (QED) is 0.723. The molecule has 0 radical (unpaired) electrons. The van der Waals surface area contributed by atoms with Crippen LogP contribution < -0.4 is 11.1 Å². The second-order valence-corrected chi connectivity index (χ2v) is 6.40. The molecule has 1 amide bonds. The number of hydrogen-bond donors (Lipinski definition) is 2.